The Kier molecular flexibility index (Phi) is 11.4. The number of aromatic hydroxyl groups is 1. The molecule has 0 fully saturated rings. The van der Waals surface area contributed by atoms with E-state index in [9.17, 15) is 34.2 Å². The quantitative estimate of drug-likeness (QED) is 0.132. The number of carboxylic acid groups (broad SMARTS) is 1. The highest BCUT2D eigenvalue weighted by Crippen LogP contribution is 2.12. The number of aromatic nitrogens is 2. The molecule has 0 aliphatic carbocycles. The van der Waals surface area contributed by atoms with Crippen molar-refractivity contribution < 1.29 is 34.2 Å². The van der Waals surface area contributed by atoms with Gasteiger partial charge in [0.05, 0.1) is 12.4 Å². The zero-order valence-corrected chi connectivity index (χ0v) is 21.7. The van der Waals surface area contributed by atoms with Crippen molar-refractivity contribution >= 4 is 29.6 Å². The number of primary amides is 1. The number of imidazole rings is 1. The molecule has 0 radical (unpaired) electrons. The van der Waals surface area contributed by atoms with E-state index in [1.165, 1.54) is 36.8 Å². The number of rotatable bonds is 15. The first-order valence-electron chi connectivity index (χ1n) is 12.3. The maximum Gasteiger partial charge on any atom is 0.326 e. The van der Waals surface area contributed by atoms with Crippen LogP contribution < -0.4 is 27.4 Å². The summed E-state index contributed by atoms with van der Waals surface area (Å²) in [5, 5.41) is 26.5. The summed E-state index contributed by atoms with van der Waals surface area (Å²) in [7, 11) is 0. The Balaban J connectivity index is 2.12. The Hall–Kier alpha value is -4.46. The van der Waals surface area contributed by atoms with Crippen molar-refractivity contribution in [3.63, 3.8) is 0 Å². The van der Waals surface area contributed by atoms with E-state index in [1.807, 2.05) is 0 Å². The second-order valence-electron chi connectivity index (χ2n) is 9.45. The van der Waals surface area contributed by atoms with Crippen LogP contribution in [-0.2, 0) is 36.8 Å². The van der Waals surface area contributed by atoms with E-state index in [4.69, 9.17) is 11.5 Å². The molecule has 2 rings (SSSR count). The van der Waals surface area contributed by atoms with Crippen LogP contribution in [-0.4, -0.2) is 73.9 Å². The largest absolute Gasteiger partial charge is 0.508 e. The molecule has 4 unspecified atom stereocenters. The third kappa shape index (κ3) is 10.1. The van der Waals surface area contributed by atoms with E-state index in [0.717, 1.165) is 0 Å². The molecule has 1 aromatic heterocycles. The topological polar surface area (TPSA) is 243 Å². The molecular formula is C25H35N7O7. The number of hydrogen-bond acceptors (Lipinski definition) is 8. The minimum atomic E-state index is -1.36. The van der Waals surface area contributed by atoms with Crippen molar-refractivity contribution in [1.82, 2.24) is 25.9 Å². The van der Waals surface area contributed by atoms with Gasteiger partial charge in [-0.3, -0.25) is 19.2 Å². The predicted octanol–water partition coefficient (Wildman–Crippen LogP) is -1.31. The molecule has 0 saturated heterocycles. The molecule has 10 N–H and O–H groups in total. The number of carbonyl (C=O) groups excluding carboxylic acids is 4. The van der Waals surface area contributed by atoms with Crippen molar-refractivity contribution in [2.24, 2.45) is 17.4 Å². The number of nitrogens with one attached hydrogen (secondary N) is 4. The summed E-state index contributed by atoms with van der Waals surface area (Å²) in [6, 6.07) is 1.04. The molecule has 0 aliphatic heterocycles. The lowest BCUT2D eigenvalue weighted by atomic mass is 10.0. The summed E-state index contributed by atoms with van der Waals surface area (Å²) >= 11 is 0. The number of benzene rings is 1. The minimum absolute atomic E-state index is 0.00190. The van der Waals surface area contributed by atoms with Gasteiger partial charge < -0.3 is 42.6 Å². The van der Waals surface area contributed by atoms with E-state index in [1.54, 1.807) is 13.8 Å². The van der Waals surface area contributed by atoms with E-state index in [2.05, 4.69) is 25.9 Å². The van der Waals surface area contributed by atoms with E-state index in [-0.39, 0.29) is 31.4 Å². The Morgan fingerprint density at radius 3 is 2.13 bits per heavy atom. The Morgan fingerprint density at radius 1 is 0.949 bits per heavy atom. The highest BCUT2D eigenvalue weighted by Gasteiger charge is 2.32. The summed E-state index contributed by atoms with van der Waals surface area (Å²) in [6.45, 7) is 3.36. The lowest BCUT2D eigenvalue weighted by Crippen LogP contribution is -2.58. The van der Waals surface area contributed by atoms with Crippen LogP contribution in [0.4, 0.5) is 0 Å². The van der Waals surface area contributed by atoms with Gasteiger partial charge in [0, 0.05) is 31.2 Å². The van der Waals surface area contributed by atoms with Crippen LogP contribution in [0.3, 0.4) is 0 Å². The van der Waals surface area contributed by atoms with Crippen molar-refractivity contribution in [3.8, 4) is 5.75 Å². The Morgan fingerprint density at radius 2 is 1.59 bits per heavy atom. The first-order valence-corrected chi connectivity index (χ1v) is 12.3. The van der Waals surface area contributed by atoms with Crippen LogP contribution in [0.2, 0.25) is 0 Å². The molecule has 0 spiro atoms. The monoisotopic (exact) mass is 545 g/mol. The van der Waals surface area contributed by atoms with E-state index >= 15 is 0 Å². The third-order valence-corrected chi connectivity index (χ3v) is 5.88. The van der Waals surface area contributed by atoms with Crippen molar-refractivity contribution in [1.29, 1.82) is 0 Å². The van der Waals surface area contributed by atoms with Gasteiger partial charge in [-0.05, 0) is 30.0 Å². The smallest absolute Gasteiger partial charge is 0.326 e. The number of amides is 4. The summed E-state index contributed by atoms with van der Waals surface area (Å²) in [5.74, 6) is -4.62. The van der Waals surface area contributed by atoms with Gasteiger partial charge in [0.25, 0.3) is 0 Å². The van der Waals surface area contributed by atoms with Gasteiger partial charge in [-0.15, -0.1) is 0 Å². The average molecular weight is 546 g/mol. The number of nitrogens with two attached hydrogens (primary N) is 2. The number of hydrogen-bond donors (Lipinski definition) is 8. The number of nitrogens with zero attached hydrogens (tertiary/aromatic N) is 1. The first kappa shape index (κ1) is 30.8. The van der Waals surface area contributed by atoms with E-state index < -0.39 is 59.7 Å². The summed E-state index contributed by atoms with van der Waals surface area (Å²) in [4.78, 5) is 68.8. The van der Waals surface area contributed by atoms with Gasteiger partial charge in [0.2, 0.25) is 23.6 Å². The number of aromatic amines is 1. The molecule has 1 aromatic carbocycles. The molecule has 4 amide bonds. The van der Waals surface area contributed by atoms with Crippen molar-refractivity contribution in [3.05, 3.63) is 48.0 Å². The molecular weight excluding hydrogens is 510 g/mol. The number of phenols is 1. The molecule has 0 aliphatic rings. The highest BCUT2D eigenvalue weighted by molar-refractivity contribution is 5.94. The van der Waals surface area contributed by atoms with Gasteiger partial charge in [0.15, 0.2) is 0 Å². The van der Waals surface area contributed by atoms with Crippen LogP contribution in [0.1, 0.15) is 37.9 Å². The molecule has 1 heterocycles. The maximum atomic E-state index is 13.1. The summed E-state index contributed by atoms with van der Waals surface area (Å²) < 4.78 is 0. The second-order valence-corrected chi connectivity index (χ2v) is 9.45. The third-order valence-electron chi connectivity index (χ3n) is 5.88. The van der Waals surface area contributed by atoms with Gasteiger partial charge in [-0.2, -0.15) is 0 Å². The fourth-order valence-corrected chi connectivity index (χ4v) is 3.68. The van der Waals surface area contributed by atoms with Crippen LogP contribution in [0, 0.1) is 5.92 Å². The minimum Gasteiger partial charge on any atom is -0.508 e. The summed E-state index contributed by atoms with van der Waals surface area (Å²) in [6.07, 6.45) is 2.56. The Bertz CT molecular complexity index is 1140. The van der Waals surface area contributed by atoms with Crippen molar-refractivity contribution in [2.45, 2.75) is 63.7 Å². The van der Waals surface area contributed by atoms with Gasteiger partial charge in [0.1, 0.15) is 23.9 Å². The predicted molar refractivity (Wildman–Crippen MR) is 139 cm³/mol. The maximum absolute atomic E-state index is 13.1. The molecule has 2 aromatic rings. The van der Waals surface area contributed by atoms with E-state index in [0.29, 0.717) is 11.3 Å². The average Bonchev–Trinajstić information content (AvgIpc) is 3.38. The first-order chi connectivity index (χ1) is 18.4. The zero-order valence-electron chi connectivity index (χ0n) is 21.7. The zero-order chi connectivity index (χ0) is 29.1. The fraction of sp³-hybridized carbons (Fsp3) is 0.440. The Labute approximate surface area is 224 Å². The number of phenolic OH excluding ortho intramolecular Hbond substituents is 1. The fourth-order valence-electron chi connectivity index (χ4n) is 3.68. The molecule has 4 atom stereocenters. The normalized spacial score (nSPS) is 14.1. The second kappa shape index (κ2) is 14.5. The number of carbonyl (C=O) groups is 5. The molecule has 0 bridgehead atoms. The number of H-pyrrole nitrogens is 1. The molecule has 0 saturated carbocycles. The van der Waals surface area contributed by atoms with Crippen LogP contribution in [0.15, 0.2) is 36.8 Å². The lowest BCUT2D eigenvalue weighted by molar-refractivity contribution is -0.142. The molecule has 14 heteroatoms. The highest BCUT2D eigenvalue weighted by atomic mass is 16.4. The van der Waals surface area contributed by atoms with Gasteiger partial charge >= 0.3 is 5.97 Å². The summed E-state index contributed by atoms with van der Waals surface area (Å²) in [5.41, 5.74) is 12.4. The van der Waals surface area contributed by atoms with Crippen LogP contribution in [0.25, 0.3) is 0 Å². The standard InChI is InChI=1S/C25H35N7O7/c1-13(2)21(32-22(35)17(26)10-15-11-28-12-29-15)24(37)30-18(7-8-20(27)34)23(36)31-19(25(38)39)9-14-3-5-16(33)6-4-14/h3-6,11-13,17-19,21,33H,7-10,26H2,1-2H3,(H2,27,34)(H,28,29)(H,30,37)(H,31,36)(H,32,35)(H,38,39). The molecule has 212 valence electrons. The van der Waals surface area contributed by atoms with Gasteiger partial charge in [-0.25, -0.2) is 9.78 Å². The SMILES string of the molecule is CC(C)C(NC(=O)C(N)Cc1cnc[nH]1)C(=O)NC(CCC(N)=O)C(=O)NC(Cc1ccc(O)cc1)C(=O)O. The van der Waals surface area contributed by atoms with Crippen molar-refractivity contribution in [2.75, 3.05) is 0 Å². The van der Waals surface area contributed by atoms with Gasteiger partial charge in [-0.1, -0.05) is 26.0 Å². The number of aliphatic carboxylic acids is 1. The number of carboxylic acids is 1. The van der Waals surface area contributed by atoms with Crippen LogP contribution in [0.5, 0.6) is 5.75 Å². The lowest BCUT2D eigenvalue weighted by Gasteiger charge is -2.27. The molecule has 39 heavy (non-hydrogen) atoms. The molecule has 14 nitrogen and oxygen atoms in total. The van der Waals surface area contributed by atoms with Crippen LogP contribution >= 0.6 is 0 Å².